The van der Waals surface area contributed by atoms with Gasteiger partial charge in [-0.15, -0.1) is 0 Å². The van der Waals surface area contributed by atoms with Crippen molar-refractivity contribution in [3.05, 3.63) is 50.6 Å². The van der Waals surface area contributed by atoms with Crippen molar-refractivity contribution in [2.75, 3.05) is 4.72 Å². The lowest BCUT2D eigenvalue weighted by Gasteiger charge is -2.11. The molecule has 0 spiro atoms. The van der Waals surface area contributed by atoms with Gasteiger partial charge < -0.3 is 4.98 Å². The van der Waals surface area contributed by atoms with Gasteiger partial charge in [-0.25, -0.2) is 13.4 Å². The molecule has 0 saturated carbocycles. The first-order chi connectivity index (χ1) is 9.29. The monoisotopic (exact) mass is 333 g/mol. The average molecular weight is 334 g/mol. The predicted octanol–water partition coefficient (Wildman–Crippen LogP) is 2.19. The first-order valence-electron chi connectivity index (χ1n) is 5.34. The van der Waals surface area contributed by atoms with Crippen LogP contribution in [-0.2, 0) is 10.0 Å². The summed E-state index contributed by atoms with van der Waals surface area (Å²) in [5.74, 6) is 0. The molecule has 2 rings (SSSR count). The van der Waals surface area contributed by atoms with Gasteiger partial charge in [-0.1, -0.05) is 23.2 Å². The van der Waals surface area contributed by atoms with Crippen molar-refractivity contribution in [1.82, 2.24) is 9.97 Å². The quantitative estimate of drug-likeness (QED) is 0.842. The molecular formula is C11H9Cl2N3O3S. The van der Waals surface area contributed by atoms with Crippen LogP contribution in [0, 0.1) is 6.92 Å². The van der Waals surface area contributed by atoms with E-state index in [4.69, 9.17) is 23.2 Å². The van der Waals surface area contributed by atoms with Crippen molar-refractivity contribution < 1.29 is 8.42 Å². The van der Waals surface area contributed by atoms with Gasteiger partial charge in [0.25, 0.3) is 10.0 Å². The molecule has 6 nitrogen and oxygen atoms in total. The van der Waals surface area contributed by atoms with Crippen molar-refractivity contribution in [3.8, 4) is 0 Å². The van der Waals surface area contributed by atoms with E-state index in [1.165, 1.54) is 12.1 Å². The molecule has 0 aliphatic rings. The van der Waals surface area contributed by atoms with E-state index in [2.05, 4.69) is 14.7 Å². The SMILES string of the molecule is Cc1cc(Cl)nc(Cl)c1NS(=O)(=O)c1ccc(=O)[nH]c1. The Morgan fingerprint density at radius 3 is 2.55 bits per heavy atom. The third-order valence-electron chi connectivity index (χ3n) is 2.44. The van der Waals surface area contributed by atoms with Gasteiger partial charge in [-0.3, -0.25) is 9.52 Å². The molecule has 2 aromatic heterocycles. The fourth-order valence-corrected chi connectivity index (χ4v) is 3.22. The number of aromatic nitrogens is 2. The summed E-state index contributed by atoms with van der Waals surface area (Å²) in [6, 6.07) is 3.79. The third kappa shape index (κ3) is 3.12. The zero-order valence-corrected chi connectivity index (χ0v) is 12.5. The Kier molecular flexibility index (Phi) is 4.03. The Hall–Kier alpha value is -1.57. The molecule has 0 saturated heterocycles. The van der Waals surface area contributed by atoms with Crippen molar-refractivity contribution >= 4 is 38.9 Å². The Morgan fingerprint density at radius 1 is 1.30 bits per heavy atom. The highest BCUT2D eigenvalue weighted by molar-refractivity contribution is 7.92. The maximum atomic E-state index is 12.1. The minimum atomic E-state index is -3.88. The number of sulfonamides is 1. The molecule has 0 aliphatic heterocycles. The van der Waals surface area contributed by atoms with Crippen LogP contribution in [0.15, 0.2) is 34.1 Å². The second-order valence-corrected chi connectivity index (χ2v) is 6.35. The Morgan fingerprint density at radius 2 is 2.00 bits per heavy atom. The molecular weight excluding hydrogens is 325 g/mol. The number of hydrogen-bond acceptors (Lipinski definition) is 4. The highest BCUT2D eigenvalue weighted by atomic mass is 35.5. The van der Waals surface area contributed by atoms with Gasteiger partial charge >= 0.3 is 0 Å². The van der Waals surface area contributed by atoms with Crippen LogP contribution < -0.4 is 10.3 Å². The van der Waals surface area contributed by atoms with E-state index in [1.54, 1.807) is 6.92 Å². The highest BCUT2D eigenvalue weighted by Gasteiger charge is 2.18. The van der Waals surface area contributed by atoms with Crippen LogP contribution in [0.4, 0.5) is 5.69 Å². The standard InChI is InChI=1S/C11H9Cl2N3O3S/c1-6-4-8(12)15-11(13)10(6)16-20(18,19)7-2-3-9(17)14-5-7/h2-5,16H,1H3,(H,14,17). The fourth-order valence-electron chi connectivity index (χ4n) is 1.47. The lowest BCUT2D eigenvalue weighted by molar-refractivity contribution is 0.600. The number of aryl methyl sites for hydroxylation is 1. The van der Waals surface area contributed by atoms with Crippen LogP contribution in [-0.4, -0.2) is 18.4 Å². The van der Waals surface area contributed by atoms with Gasteiger partial charge in [-0.05, 0) is 24.6 Å². The third-order valence-corrected chi connectivity index (χ3v) is 4.26. The maximum absolute atomic E-state index is 12.1. The maximum Gasteiger partial charge on any atom is 0.263 e. The predicted molar refractivity (Wildman–Crippen MR) is 76.9 cm³/mol. The van der Waals surface area contributed by atoms with Crippen LogP contribution >= 0.6 is 23.2 Å². The van der Waals surface area contributed by atoms with Crippen molar-refractivity contribution in [1.29, 1.82) is 0 Å². The smallest absolute Gasteiger partial charge is 0.263 e. The number of halogens is 2. The number of nitrogens with zero attached hydrogens (tertiary/aromatic N) is 1. The van der Waals surface area contributed by atoms with Gasteiger partial charge in [0.1, 0.15) is 10.0 Å². The molecule has 9 heteroatoms. The van der Waals surface area contributed by atoms with Crippen molar-refractivity contribution in [2.24, 2.45) is 0 Å². The molecule has 0 amide bonds. The van der Waals surface area contributed by atoms with Gasteiger partial charge in [0.05, 0.1) is 5.69 Å². The van der Waals surface area contributed by atoms with E-state index in [0.717, 1.165) is 12.3 Å². The zero-order valence-electron chi connectivity index (χ0n) is 10.1. The summed E-state index contributed by atoms with van der Waals surface area (Å²) in [4.78, 5) is 16.9. The normalized spacial score (nSPS) is 11.3. The number of H-pyrrole nitrogens is 1. The topological polar surface area (TPSA) is 91.9 Å². The Balaban J connectivity index is 2.43. The van der Waals surface area contributed by atoms with E-state index >= 15 is 0 Å². The van der Waals surface area contributed by atoms with Crippen LogP contribution in [0.1, 0.15) is 5.56 Å². The Bertz CT molecular complexity index is 774. The summed E-state index contributed by atoms with van der Waals surface area (Å²) < 4.78 is 26.6. The minimum absolute atomic E-state index is 0.0528. The number of hydrogen-bond donors (Lipinski definition) is 2. The molecule has 0 fully saturated rings. The van der Waals surface area contributed by atoms with Gasteiger partial charge in [0.2, 0.25) is 5.56 Å². The molecule has 2 heterocycles. The van der Waals surface area contributed by atoms with Crippen molar-refractivity contribution in [3.63, 3.8) is 0 Å². The molecule has 106 valence electrons. The molecule has 0 aromatic carbocycles. The molecule has 0 atom stereocenters. The lowest BCUT2D eigenvalue weighted by atomic mass is 10.3. The average Bonchev–Trinajstić information content (AvgIpc) is 2.34. The molecule has 0 aliphatic carbocycles. The molecule has 2 aromatic rings. The second kappa shape index (κ2) is 5.43. The first kappa shape index (κ1) is 14.8. The lowest BCUT2D eigenvalue weighted by Crippen LogP contribution is -2.16. The Labute approximate surface area is 124 Å². The van der Waals surface area contributed by atoms with Crippen LogP contribution in [0.2, 0.25) is 10.3 Å². The highest BCUT2D eigenvalue weighted by Crippen LogP contribution is 2.28. The molecule has 0 unspecified atom stereocenters. The van der Waals surface area contributed by atoms with Crippen LogP contribution in [0.5, 0.6) is 0 Å². The fraction of sp³-hybridized carbons (Fsp3) is 0.0909. The van der Waals surface area contributed by atoms with E-state index in [9.17, 15) is 13.2 Å². The summed E-state index contributed by atoms with van der Waals surface area (Å²) in [5, 5.41) is 0.113. The van der Waals surface area contributed by atoms with Gasteiger partial charge in [-0.2, -0.15) is 0 Å². The number of pyridine rings is 2. The molecule has 0 bridgehead atoms. The van der Waals surface area contributed by atoms with E-state index in [1.807, 2.05) is 0 Å². The summed E-state index contributed by atoms with van der Waals surface area (Å²) in [7, 11) is -3.88. The summed E-state index contributed by atoms with van der Waals surface area (Å²) >= 11 is 11.6. The number of nitrogens with one attached hydrogen (secondary N) is 2. The van der Waals surface area contributed by atoms with Gasteiger partial charge in [0.15, 0.2) is 5.15 Å². The largest absolute Gasteiger partial charge is 0.328 e. The van der Waals surface area contributed by atoms with Crippen molar-refractivity contribution in [2.45, 2.75) is 11.8 Å². The number of rotatable bonds is 3. The van der Waals surface area contributed by atoms with E-state index in [0.29, 0.717) is 5.56 Å². The van der Waals surface area contributed by atoms with Crippen LogP contribution in [0.25, 0.3) is 0 Å². The van der Waals surface area contributed by atoms with E-state index in [-0.39, 0.29) is 20.9 Å². The van der Waals surface area contributed by atoms with Crippen LogP contribution in [0.3, 0.4) is 0 Å². The zero-order chi connectivity index (χ0) is 14.9. The summed E-state index contributed by atoms with van der Waals surface area (Å²) in [6.45, 7) is 1.64. The molecule has 0 radical (unpaired) electrons. The van der Waals surface area contributed by atoms with Gasteiger partial charge in [0, 0.05) is 12.3 Å². The number of anilines is 1. The molecule has 2 N–H and O–H groups in total. The first-order valence-corrected chi connectivity index (χ1v) is 7.58. The second-order valence-electron chi connectivity index (χ2n) is 3.92. The summed E-state index contributed by atoms with van der Waals surface area (Å²) in [6.07, 6.45) is 1.09. The number of aromatic amines is 1. The minimum Gasteiger partial charge on any atom is -0.328 e. The van der Waals surface area contributed by atoms with E-state index < -0.39 is 15.6 Å². The molecule has 20 heavy (non-hydrogen) atoms. The summed E-state index contributed by atoms with van der Waals surface area (Å²) in [5.41, 5.74) is 0.275.